The van der Waals surface area contributed by atoms with Crippen LogP contribution in [-0.2, 0) is 9.57 Å². The molecule has 2 aromatic carbocycles. The molecule has 0 amide bonds. The molecule has 3 aromatic rings. The molecule has 232 valence electrons. The Kier molecular flexibility index (Phi) is 10.8. The molecule has 3 heterocycles. The first-order valence-corrected chi connectivity index (χ1v) is 15.9. The van der Waals surface area contributed by atoms with E-state index < -0.39 is 11.8 Å². The number of hydrogen-bond donors (Lipinski definition) is 0. The number of hydrogen-bond acceptors (Lipinski definition) is 7. The molecule has 2 aliphatic heterocycles. The summed E-state index contributed by atoms with van der Waals surface area (Å²) in [6.07, 6.45) is 5.77. The molecule has 0 aliphatic carbocycles. The van der Waals surface area contributed by atoms with Crippen LogP contribution in [0.1, 0.15) is 57.7 Å². The second-order valence-corrected chi connectivity index (χ2v) is 13.0. The number of benzene rings is 2. The van der Waals surface area contributed by atoms with Gasteiger partial charge in [0.25, 0.3) is 0 Å². The summed E-state index contributed by atoms with van der Waals surface area (Å²) in [5, 5.41) is 2.48. The highest BCUT2D eigenvalue weighted by Crippen LogP contribution is 2.32. The largest absolute Gasteiger partial charge is 0.528 e. The Morgan fingerprint density at radius 3 is 2.11 bits per heavy atom. The molecule has 0 N–H and O–H groups in total. The first-order valence-electron chi connectivity index (χ1n) is 15.6. The predicted molar refractivity (Wildman–Crippen MR) is 173 cm³/mol. The molecule has 1 aromatic heterocycles. The minimum atomic E-state index is -0.609. The third kappa shape index (κ3) is 9.72. The lowest BCUT2D eigenvalue weighted by atomic mass is 9.79. The molecule has 0 atom stereocenters. The van der Waals surface area contributed by atoms with Gasteiger partial charge in [-0.2, -0.15) is 0 Å². The van der Waals surface area contributed by atoms with E-state index >= 15 is 0 Å². The maximum atomic E-state index is 12.0. The van der Waals surface area contributed by atoms with E-state index in [9.17, 15) is 4.79 Å². The molecule has 0 spiro atoms. The van der Waals surface area contributed by atoms with Crippen molar-refractivity contribution in [3.8, 4) is 28.7 Å². The fourth-order valence-electron chi connectivity index (χ4n) is 5.80. The van der Waals surface area contributed by atoms with Gasteiger partial charge in [-0.15, -0.1) is 5.06 Å². The van der Waals surface area contributed by atoms with Gasteiger partial charge in [0, 0.05) is 42.0 Å². The fraction of sp³-hybridized carbons (Fsp3) is 0.444. The molecule has 8 heteroatoms. The average Bonchev–Trinajstić information content (AvgIpc) is 3.01. The summed E-state index contributed by atoms with van der Waals surface area (Å²) in [7, 11) is 0. The van der Waals surface area contributed by atoms with Crippen molar-refractivity contribution in [2.75, 3.05) is 39.3 Å². The molecule has 2 aliphatic rings. The maximum Gasteiger partial charge on any atom is 0.528 e. The van der Waals surface area contributed by atoms with E-state index in [0.717, 1.165) is 84.6 Å². The number of likely N-dealkylation sites (tertiary alicyclic amines) is 1. The van der Waals surface area contributed by atoms with Crippen molar-refractivity contribution >= 4 is 17.8 Å². The van der Waals surface area contributed by atoms with Crippen LogP contribution < -0.4 is 4.74 Å². The van der Waals surface area contributed by atoms with E-state index in [-0.39, 0.29) is 0 Å². The van der Waals surface area contributed by atoms with Crippen molar-refractivity contribution in [3.05, 3.63) is 83.1 Å². The smallest absolute Gasteiger partial charge is 0.492 e. The molecular formula is C36H42ClN3O4. The van der Waals surface area contributed by atoms with Crippen LogP contribution in [0.25, 0.3) is 11.1 Å². The molecule has 0 saturated carbocycles. The Balaban J connectivity index is 0.982. The highest BCUT2D eigenvalue weighted by molar-refractivity contribution is 6.30. The van der Waals surface area contributed by atoms with Crippen LogP contribution in [0.5, 0.6) is 5.75 Å². The Morgan fingerprint density at radius 2 is 1.50 bits per heavy atom. The van der Waals surface area contributed by atoms with Gasteiger partial charge in [-0.25, -0.2) is 9.78 Å². The molecular weight excluding hydrogens is 574 g/mol. The number of piperidine rings is 2. The van der Waals surface area contributed by atoms with Crippen LogP contribution in [0.2, 0.25) is 5.02 Å². The summed E-state index contributed by atoms with van der Waals surface area (Å²) in [6.45, 7) is 10.9. The van der Waals surface area contributed by atoms with Gasteiger partial charge in [0.2, 0.25) is 0 Å². The molecule has 2 fully saturated rings. The topological polar surface area (TPSA) is 64.1 Å². The average molecular weight is 616 g/mol. The summed E-state index contributed by atoms with van der Waals surface area (Å²) >= 11 is 5.98. The van der Waals surface area contributed by atoms with Crippen molar-refractivity contribution < 1.29 is 19.1 Å². The summed E-state index contributed by atoms with van der Waals surface area (Å²) < 4.78 is 11.3. The van der Waals surface area contributed by atoms with E-state index in [1.54, 1.807) is 5.06 Å². The molecule has 0 bridgehead atoms. The zero-order valence-electron chi connectivity index (χ0n) is 25.9. The summed E-state index contributed by atoms with van der Waals surface area (Å²) in [4.78, 5) is 24.3. The van der Waals surface area contributed by atoms with Crippen molar-refractivity contribution in [1.82, 2.24) is 14.9 Å². The van der Waals surface area contributed by atoms with E-state index in [1.807, 2.05) is 87.6 Å². The van der Waals surface area contributed by atoms with E-state index in [4.69, 9.17) is 25.9 Å². The Labute approximate surface area is 266 Å². The Morgan fingerprint density at radius 1 is 0.864 bits per heavy atom. The van der Waals surface area contributed by atoms with Crippen LogP contribution >= 0.6 is 11.6 Å². The second-order valence-electron chi connectivity index (χ2n) is 12.6. The zero-order valence-corrected chi connectivity index (χ0v) is 26.7. The third-order valence-electron chi connectivity index (χ3n) is 8.20. The lowest BCUT2D eigenvalue weighted by Gasteiger charge is -2.39. The molecule has 7 nitrogen and oxygen atoms in total. The minimum absolute atomic E-state index is 0.540. The van der Waals surface area contributed by atoms with Crippen LogP contribution in [0.4, 0.5) is 4.79 Å². The Bertz CT molecular complexity index is 1410. The number of carbonyl (C=O) groups excluding carboxylic acids is 1. The molecule has 5 rings (SSSR count). The predicted octanol–water partition coefficient (Wildman–Crippen LogP) is 7.47. The normalized spacial score (nSPS) is 17.0. The highest BCUT2D eigenvalue weighted by Gasteiger charge is 2.31. The molecule has 0 radical (unpaired) electrons. The lowest BCUT2D eigenvalue weighted by Crippen LogP contribution is -2.42. The molecule has 2 saturated heterocycles. The number of hydroxylamine groups is 2. The van der Waals surface area contributed by atoms with Gasteiger partial charge >= 0.3 is 6.16 Å². The maximum absolute atomic E-state index is 12.0. The van der Waals surface area contributed by atoms with Gasteiger partial charge < -0.3 is 14.3 Å². The fourth-order valence-corrected chi connectivity index (χ4v) is 5.93. The van der Waals surface area contributed by atoms with Crippen LogP contribution in [0.15, 0.2) is 66.9 Å². The summed E-state index contributed by atoms with van der Waals surface area (Å²) in [6, 6.07) is 19.6. The number of carbonyl (C=O) groups is 1. The van der Waals surface area contributed by atoms with Gasteiger partial charge in [0.15, 0.2) is 0 Å². The van der Waals surface area contributed by atoms with Crippen LogP contribution in [-0.4, -0.2) is 66.0 Å². The number of aromatic nitrogens is 1. The number of nitrogens with zero attached hydrogens (tertiary/aromatic N) is 3. The van der Waals surface area contributed by atoms with Crippen molar-refractivity contribution in [3.63, 3.8) is 0 Å². The minimum Gasteiger partial charge on any atom is -0.492 e. The van der Waals surface area contributed by atoms with E-state index in [2.05, 4.69) is 21.7 Å². The lowest BCUT2D eigenvalue weighted by molar-refractivity contribution is -0.158. The molecule has 0 unspecified atom stereocenters. The number of rotatable bonds is 7. The highest BCUT2D eigenvalue weighted by atomic mass is 35.5. The third-order valence-corrected chi connectivity index (χ3v) is 8.45. The Hall–Kier alpha value is -3.57. The van der Waals surface area contributed by atoms with Crippen molar-refractivity contribution in [1.29, 1.82) is 0 Å². The monoisotopic (exact) mass is 615 g/mol. The number of halogens is 1. The van der Waals surface area contributed by atoms with Crippen LogP contribution in [0, 0.1) is 23.7 Å². The SMILES string of the molecule is CC(C)(C)OC(=O)ON1CCC(C2CCN(CCOc3ccc(C#Cc4ccc(-c5ccc(Cl)cc5)cn4)cc3)CC2)CC1. The van der Waals surface area contributed by atoms with Gasteiger partial charge in [-0.05, 0) is 125 Å². The second kappa shape index (κ2) is 14.9. The number of ether oxygens (including phenoxy) is 2. The van der Waals surface area contributed by atoms with Gasteiger partial charge in [0.05, 0.1) is 0 Å². The van der Waals surface area contributed by atoms with Crippen molar-refractivity contribution in [2.24, 2.45) is 11.8 Å². The first-order chi connectivity index (χ1) is 21.2. The molecule has 44 heavy (non-hydrogen) atoms. The van der Waals surface area contributed by atoms with E-state index in [0.29, 0.717) is 12.5 Å². The van der Waals surface area contributed by atoms with E-state index in [1.165, 1.54) is 12.8 Å². The quantitative estimate of drug-likeness (QED) is 0.202. The number of pyridine rings is 1. The van der Waals surface area contributed by atoms with Crippen molar-refractivity contribution in [2.45, 2.75) is 52.1 Å². The van der Waals surface area contributed by atoms with Gasteiger partial charge in [-0.3, -0.25) is 4.90 Å². The van der Waals surface area contributed by atoms with Gasteiger partial charge in [-0.1, -0.05) is 35.7 Å². The first kappa shape index (κ1) is 31.8. The van der Waals surface area contributed by atoms with Crippen LogP contribution in [0.3, 0.4) is 0 Å². The standard InChI is InChI=1S/C36H42ClN3O4/c1-36(2,3)43-35(41)44-40-22-18-30(19-23-40)29-16-20-39(21-17-29)24-25-42-34-14-5-27(6-15-34)4-12-33-13-9-31(26-38-33)28-7-10-32(37)11-8-28/h5-11,13-15,26,29-30H,16-25H2,1-3H3. The summed E-state index contributed by atoms with van der Waals surface area (Å²) in [5.41, 5.74) is 3.21. The summed E-state index contributed by atoms with van der Waals surface area (Å²) in [5.74, 6) is 8.62. The van der Waals surface area contributed by atoms with Gasteiger partial charge in [0.1, 0.15) is 23.7 Å². The zero-order chi connectivity index (χ0) is 30.9.